The Bertz CT molecular complexity index is 846. The van der Waals surface area contributed by atoms with Crippen LogP contribution in [0.25, 0.3) is 6.08 Å². The zero-order valence-corrected chi connectivity index (χ0v) is 15.1. The topological polar surface area (TPSA) is 73.4 Å². The van der Waals surface area contributed by atoms with E-state index in [1.165, 1.54) is 11.1 Å². The largest absolute Gasteiger partial charge is 0.359 e. The molecule has 25 heavy (non-hydrogen) atoms. The number of nitrogens with zero attached hydrogens (tertiary/aromatic N) is 3. The summed E-state index contributed by atoms with van der Waals surface area (Å²) in [4.78, 5) is 21.9. The van der Waals surface area contributed by atoms with Gasteiger partial charge in [0.15, 0.2) is 0 Å². The summed E-state index contributed by atoms with van der Waals surface area (Å²) in [6.45, 7) is 5.15. The van der Waals surface area contributed by atoms with Crippen molar-refractivity contribution >= 4 is 17.7 Å². The van der Waals surface area contributed by atoms with E-state index in [2.05, 4.69) is 53.3 Å². The predicted octanol–water partition coefficient (Wildman–Crippen LogP) is 2.05. The quantitative estimate of drug-likeness (QED) is 0.820. The molecular weight excluding hydrogens is 314 g/mol. The number of aromatic amines is 1. The lowest BCUT2D eigenvalue weighted by Crippen LogP contribution is -2.15. The summed E-state index contributed by atoms with van der Waals surface area (Å²) < 4.78 is 0. The van der Waals surface area contributed by atoms with Gasteiger partial charge in [-0.2, -0.15) is 5.10 Å². The van der Waals surface area contributed by atoms with Crippen LogP contribution in [0.2, 0.25) is 0 Å². The van der Waals surface area contributed by atoms with Crippen molar-refractivity contribution in [3.63, 3.8) is 0 Å². The summed E-state index contributed by atoms with van der Waals surface area (Å²) in [6, 6.07) is 3.73. The second-order valence-corrected chi connectivity index (χ2v) is 6.52. The number of rotatable bonds is 5. The third kappa shape index (κ3) is 3.53. The monoisotopic (exact) mass is 337 g/mol. The summed E-state index contributed by atoms with van der Waals surface area (Å²) in [6.07, 6.45) is 6.27. The van der Waals surface area contributed by atoms with Crippen LogP contribution in [0.4, 0.5) is 0 Å². The summed E-state index contributed by atoms with van der Waals surface area (Å²) >= 11 is 0. The first kappa shape index (κ1) is 17.1. The van der Waals surface area contributed by atoms with Gasteiger partial charge < -0.3 is 9.88 Å². The van der Waals surface area contributed by atoms with Gasteiger partial charge >= 0.3 is 0 Å². The minimum Gasteiger partial charge on any atom is -0.359 e. The average molecular weight is 337 g/mol. The first-order valence-electron chi connectivity index (χ1n) is 8.30. The molecule has 1 aliphatic rings. The Hall–Kier alpha value is -2.73. The normalized spacial score (nSPS) is 15.8. The van der Waals surface area contributed by atoms with Crippen molar-refractivity contribution in [2.45, 2.75) is 20.3 Å². The number of hydrazone groups is 1. The summed E-state index contributed by atoms with van der Waals surface area (Å²) in [5.41, 5.74) is 9.13. The Labute approximate surface area is 147 Å². The number of hydrogen-bond donors (Lipinski definition) is 2. The van der Waals surface area contributed by atoms with Gasteiger partial charge in [-0.1, -0.05) is 0 Å². The molecule has 1 amide bonds. The number of pyridine rings is 1. The third-order valence-corrected chi connectivity index (χ3v) is 4.43. The van der Waals surface area contributed by atoms with Crippen LogP contribution in [0.5, 0.6) is 0 Å². The van der Waals surface area contributed by atoms with E-state index >= 15 is 0 Å². The number of nitrogens with one attached hydrogen (secondary N) is 2. The summed E-state index contributed by atoms with van der Waals surface area (Å²) in [5, 5.41) is 4.17. The molecule has 0 saturated carbocycles. The van der Waals surface area contributed by atoms with Gasteiger partial charge in [0, 0.05) is 35.9 Å². The number of hydrogen-bond acceptors (Lipinski definition) is 4. The van der Waals surface area contributed by atoms with Crippen molar-refractivity contribution in [2.75, 3.05) is 20.6 Å². The van der Waals surface area contributed by atoms with Crippen molar-refractivity contribution in [1.82, 2.24) is 20.3 Å². The van der Waals surface area contributed by atoms with E-state index < -0.39 is 0 Å². The number of likely N-dealkylation sites (N-methyl/N-ethyl adjacent to an activating group) is 1. The van der Waals surface area contributed by atoms with Crippen molar-refractivity contribution < 1.29 is 4.79 Å². The molecule has 0 atom stereocenters. The van der Waals surface area contributed by atoms with Crippen LogP contribution in [-0.4, -0.2) is 47.1 Å². The number of carbonyl (C=O) groups excluding carboxylic acids is 1. The van der Waals surface area contributed by atoms with Gasteiger partial charge in [-0.05, 0) is 63.7 Å². The van der Waals surface area contributed by atoms with Gasteiger partial charge in [0.1, 0.15) is 5.71 Å². The van der Waals surface area contributed by atoms with Crippen molar-refractivity contribution in [3.8, 4) is 0 Å². The number of H-pyrrole nitrogens is 1. The second-order valence-electron chi connectivity index (χ2n) is 6.52. The molecule has 3 rings (SSSR count). The summed E-state index contributed by atoms with van der Waals surface area (Å²) in [5.74, 6) is -0.194. The van der Waals surface area contributed by atoms with Gasteiger partial charge in [-0.3, -0.25) is 9.78 Å². The molecule has 2 aromatic heterocycles. The first-order valence-corrected chi connectivity index (χ1v) is 8.30. The van der Waals surface area contributed by atoms with Gasteiger partial charge in [0.05, 0.1) is 5.57 Å². The Balaban J connectivity index is 1.95. The SMILES string of the molecule is Cc1[nH]c(/C=C2\C(=O)NN=C2c2cccnc2)c(C)c1CCN(C)C. The van der Waals surface area contributed by atoms with E-state index in [9.17, 15) is 4.79 Å². The fourth-order valence-electron chi connectivity index (χ4n) is 3.01. The Morgan fingerprint density at radius 1 is 1.28 bits per heavy atom. The zero-order valence-electron chi connectivity index (χ0n) is 15.1. The van der Waals surface area contributed by atoms with Crippen LogP contribution in [-0.2, 0) is 11.2 Å². The lowest BCUT2D eigenvalue weighted by atomic mass is 10.0. The molecular formula is C19H23N5O. The smallest absolute Gasteiger partial charge is 0.273 e. The molecule has 6 heteroatoms. The van der Waals surface area contributed by atoms with E-state index in [0.717, 1.165) is 29.9 Å². The maximum absolute atomic E-state index is 12.2. The highest BCUT2D eigenvalue weighted by molar-refractivity contribution is 6.33. The lowest BCUT2D eigenvalue weighted by molar-refractivity contribution is -0.116. The lowest BCUT2D eigenvalue weighted by Gasteiger charge is -2.09. The molecule has 2 N–H and O–H groups in total. The fourth-order valence-corrected chi connectivity index (χ4v) is 3.01. The van der Waals surface area contributed by atoms with E-state index in [0.29, 0.717) is 11.3 Å². The van der Waals surface area contributed by atoms with Crippen LogP contribution in [0.3, 0.4) is 0 Å². The van der Waals surface area contributed by atoms with E-state index in [4.69, 9.17) is 0 Å². The number of carbonyl (C=O) groups is 1. The van der Waals surface area contributed by atoms with E-state index in [-0.39, 0.29) is 5.91 Å². The van der Waals surface area contributed by atoms with E-state index in [1.54, 1.807) is 12.4 Å². The second kappa shape index (κ2) is 7.03. The molecule has 0 spiro atoms. The molecule has 0 fully saturated rings. The van der Waals surface area contributed by atoms with Crippen molar-refractivity contribution in [3.05, 3.63) is 58.2 Å². The molecule has 0 unspecified atom stereocenters. The maximum atomic E-state index is 12.2. The van der Waals surface area contributed by atoms with Crippen LogP contribution < -0.4 is 5.43 Å². The van der Waals surface area contributed by atoms with Gasteiger partial charge in [0.2, 0.25) is 0 Å². The highest BCUT2D eigenvalue weighted by atomic mass is 16.2. The molecule has 0 aliphatic carbocycles. The highest BCUT2D eigenvalue weighted by Crippen LogP contribution is 2.23. The van der Waals surface area contributed by atoms with Crippen LogP contribution in [0, 0.1) is 13.8 Å². The molecule has 0 bridgehead atoms. The molecule has 6 nitrogen and oxygen atoms in total. The maximum Gasteiger partial charge on any atom is 0.273 e. The Morgan fingerprint density at radius 2 is 2.08 bits per heavy atom. The van der Waals surface area contributed by atoms with Crippen molar-refractivity contribution in [1.29, 1.82) is 0 Å². The van der Waals surface area contributed by atoms with Gasteiger partial charge in [-0.15, -0.1) is 0 Å². The molecule has 0 radical (unpaired) electrons. The molecule has 3 heterocycles. The van der Waals surface area contributed by atoms with Crippen molar-refractivity contribution in [2.24, 2.45) is 5.10 Å². The molecule has 1 aliphatic heterocycles. The Morgan fingerprint density at radius 3 is 2.76 bits per heavy atom. The number of amides is 1. The zero-order chi connectivity index (χ0) is 18.0. The van der Waals surface area contributed by atoms with Crippen LogP contribution in [0.1, 0.15) is 28.1 Å². The standard InChI is InChI=1S/C19H23N5O/c1-12-15(7-9-24(3)4)13(2)21-17(12)10-16-18(22-23-19(16)25)14-6-5-8-20-11-14/h5-6,8,10-11,21H,7,9H2,1-4H3,(H,23,25)/b16-10-. The average Bonchev–Trinajstić information content (AvgIpc) is 3.07. The first-order chi connectivity index (χ1) is 12.0. The Kier molecular flexibility index (Phi) is 4.81. The highest BCUT2D eigenvalue weighted by Gasteiger charge is 2.25. The molecule has 2 aromatic rings. The minimum atomic E-state index is -0.194. The number of aryl methyl sites for hydroxylation is 1. The van der Waals surface area contributed by atoms with Gasteiger partial charge in [0.25, 0.3) is 5.91 Å². The van der Waals surface area contributed by atoms with Crippen LogP contribution >= 0.6 is 0 Å². The third-order valence-electron chi connectivity index (χ3n) is 4.43. The fraction of sp³-hybridized carbons (Fsp3) is 0.316. The minimum absolute atomic E-state index is 0.194. The van der Waals surface area contributed by atoms with Gasteiger partial charge in [-0.25, -0.2) is 5.43 Å². The summed E-state index contributed by atoms with van der Waals surface area (Å²) in [7, 11) is 4.14. The van der Waals surface area contributed by atoms with Crippen LogP contribution in [0.15, 0.2) is 35.2 Å². The predicted molar refractivity (Wildman–Crippen MR) is 99.4 cm³/mol. The van der Waals surface area contributed by atoms with E-state index in [1.807, 2.05) is 18.2 Å². The molecule has 0 saturated heterocycles. The number of aromatic nitrogens is 2. The molecule has 0 aromatic carbocycles. The molecule has 130 valence electrons.